The minimum absolute atomic E-state index is 0.0788. The van der Waals surface area contributed by atoms with E-state index in [4.69, 9.17) is 9.47 Å². The molecule has 1 atom stereocenters. The van der Waals surface area contributed by atoms with Crippen LogP contribution < -0.4 is 10.1 Å². The molecule has 0 heterocycles. The van der Waals surface area contributed by atoms with E-state index in [1.165, 1.54) is 7.11 Å². The summed E-state index contributed by atoms with van der Waals surface area (Å²) >= 11 is 0. The van der Waals surface area contributed by atoms with E-state index in [-0.39, 0.29) is 12.6 Å². The van der Waals surface area contributed by atoms with Gasteiger partial charge in [-0.2, -0.15) is 0 Å². The predicted molar refractivity (Wildman–Crippen MR) is 73.5 cm³/mol. The van der Waals surface area contributed by atoms with E-state index in [0.717, 1.165) is 12.1 Å². The Kier molecular flexibility index (Phi) is 6.74. The summed E-state index contributed by atoms with van der Waals surface area (Å²) in [6.45, 7) is 2.69. The van der Waals surface area contributed by atoms with E-state index in [1.54, 1.807) is 7.11 Å². The minimum atomic E-state index is -0.395. The zero-order valence-electron chi connectivity index (χ0n) is 11.6. The minimum Gasteiger partial charge on any atom is -0.482 e. The number of methoxy groups -OCH3 is 2. The first-order valence-electron chi connectivity index (χ1n) is 6.24. The van der Waals surface area contributed by atoms with Gasteiger partial charge in [-0.05, 0) is 30.7 Å². The molecule has 5 nitrogen and oxygen atoms in total. The van der Waals surface area contributed by atoms with Crippen LogP contribution in [0.5, 0.6) is 5.75 Å². The second-order valence-electron chi connectivity index (χ2n) is 4.09. The molecule has 0 amide bonds. The topological polar surface area (TPSA) is 56.8 Å². The number of esters is 1. The summed E-state index contributed by atoms with van der Waals surface area (Å²) in [5.41, 5.74) is 0.995. The normalized spacial score (nSPS) is 11.7. The van der Waals surface area contributed by atoms with Crippen molar-refractivity contribution < 1.29 is 19.0 Å². The van der Waals surface area contributed by atoms with Crippen LogP contribution in [-0.4, -0.2) is 39.4 Å². The summed E-state index contributed by atoms with van der Waals surface area (Å²) in [6, 6.07) is 7.72. The Morgan fingerprint density at radius 3 is 2.47 bits per heavy atom. The zero-order chi connectivity index (χ0) is 14.1. The Morgan fingerprint density at radius 1 is 1.26 bits per heavy atom. The van der Waals surface area contributed by atoms with Gasteiger partial charge < -0.3 is 19.5 Å². The molecule has 106 valence electrons. The highest BCUT2D eigenvalue weighted by molar-refractivity contribution is 5.70. The van der Waals surface area contributed by atoms with Gasteiger partial charge in [-0.25, -0.2) is 4.79 Å². The summed E-state index contributed by atoms with van der Waals surface area (Å²) in [7, 11) is 3.02. The van der Waals surface area contributed by atoms with Crippen LogP contribution in [0.25, 0.3) is 0 Å². The van der Waals surface area contributed by atoms with Gasteiger partial charge in [0.2, 0.25) is 0 Å². The van der Waals surface area contributed by atoms with Crippen LogP contribution in [-0.2, 0) is 14.3 Å². The maximum atomic E-state index is 10.9. The van der Waals surface area contributed by atoms with Gasteiger partial charge in [0.1, 0.15) is 5.75 Å². The Labute approximate surface area is 113 Å². The molecule has 0 aliphatic rings. The Morgan fingerprint density at radius 2 is 1.95 bits per heavy atom. The lowest BCUT2D eigenvalue weighted by Crippen LogP contribution is -2.23. The first-order chi connectivity index (χ1) is 9.19. The number of rotatable bonds is 8. The van der Waals surface area contributed by atoms with Crippen molar-refractivity contribution in [3.05, 3.63) is 24.3 Å². The highest BCUT2D eigenvalue weighted by Gasteiger charge is 2.06. The molecule has 0 saturated carbocycles. The van der Waals surface area contributed by atoms with Crippen molar-refractivity contribution in [2.24, 2.45) is 0 Å². The van der Waals surface area contributed by atoms with Crippen molar-refractivity contribution in [1.82, 2.24) is 0 Å². The third-order valence-electron chi connectivity index (χ3n) is 2.67. The number of hydrogen-bond acceptors (Lipinski definition) is 5. The first kappa shape index (κ1) is 15.3. The van der Waals surface area contributed by atoms with Crippen molar-refractivity contribution in [3.8, 4) is 5.75 Å². The van der Waals surface area contributed by atoms with Crippen LogP contribution in [0.15, 0.2) is 24.3 Å². The van der Waals surface area contributed by atoms with Crippen LogP contribution in [0.1, 0.15) is 13.3 Å². The number of nitrogens with one attached hydrogen (secondary N) is 1. The summed E-state index contributed by atoms with van der Waals surface area (Å²) in [4.78, 5) is 10.9. The van der Waals surface area contributed by atoms with E-state index in [1.807, 2.05) is 24.3 Å². The maximum absolute atomic E-state index is 10.9. The van der Waals surface area contributed by atoms with Gasteiger partial charge in [0, 0.05) is 18.8 Å². The number of ether oxygens (including phenoxy) is 3. The molecule has 0 radical (unpaired) electrons. The standard InChI is InChI=1S/C14H21NO4/c1-4-11(9-17-2)15-12-5-7-13(8-6-12)19-10-14(16)18-3/h5-8,11,15H,4,9-10H2,1-3H3. The van der Waals surface area contributed by atoms with Crippen LogP contribution >= 0.6 is 0 Å². The molecular formula is C14H21NO4. The summed E-state index contributed by atoms with van der Waals surface area (Å²) in [6.07, 6.45) is 0.981. The highest BCUT2D eigenvalue weighted by Crippen LogP contribution is 2.17. The smallest absolute Gasteiger partial charge is 0.343 e. The van der Waals surface area contributed by atoms with Crippen LogP contribution in [0.3, 0.4) is 0 Å². The second-order valence-corrected chi connectivity index (χ2v) is 4.09. The molecule has 0 aliphatic carbocycles. The molecule has 1 aromatic carbocycles. The molecule has 0 aliphatic heterocycles. The molecule has 19 heavy (non-hydrogen) atoms. The number of carbonyl (C=O) groups is 1. The fourth-order valence-corrected chi connectivity index (χ4v) is 1.55. The molecule has 5 heteroatoms. The first-order valence-corrected chi connectivity index (χ1v) is 6.24. The SMILES string of the molecule is CCC(COC)Nc1ccc(OCC(=O)OC)cc1. The fourth-order valence-electron chi connectivity index (χ4n) is 1.55. The monoisotopic (exact) mass is 267 g/mol. The van der Waals surface area contributed by atoms with Gasteiger partial charge in [0.05, 0.1) is 13.7 Å². The Bertz CT molecular complexity index is 378. The summed E-state index contributed by atoms with van der Waals surface area (Å²) < 4.78 is 14.9. The van der Waals surface area contributed by atoms with Gasteiger partial charge in [0.15, 0.2) is 6.61 Å². The van der Waals surface area contributed by atoms with Gasteiger partial charge in [0.25, 0.3) is 0 Å². The molecule has 0 fully saturated rings. The lowest BCUT2D eigenvalue weighted by Gasteiger charge is -2.17. The van der Waals surface area contributed by atoms with Crippen molar-refractivity contribution in [2.45, 2.75) is 19.4 Å². The Hall–Kier alpha value is -1.75. The largest absolute Gasteiger partial charge is 0.482 e. The van der Waals surface area contributed by atoms with Gasteiger partial charge in [-0.3, -0.25) is 0 Å². The quantitative estimate of drug-likeness (QED) is 0.731. The molecular weight excluding hydrogens is 246 g/mol. The highest BCUT2D eigenvalue weighted by atomic mass is 16.6. The van der Waals surface area contributed by atoms with Crippen LogP contribution in [0, 0.1) is 0 Å². The average molecular weight is 267 g/mol. The molecule has 0 aromatic heterocycles. The van der Waals surface area contributed by atoms with Gasteiger partial charge in [-0.1, -0.05) is 6.92 Å². The Balaban J connectivity index is 2.48. The number of hydrogen-bond donors (Lipinski definition) is 1. The summed E-state index contributed by atoms with van der Waals surface area (Å²) in [5, 5.41) is 3.36. The van der Waals surface area contributed by atoms with Crippen molar-refractivity contribution in [2.75, 3.05) is 32.8 Å². The third-order valence-corrected chi connectivity index (χ3v) is 2.67. The second kappa shape index (κ2) is 8.37. The van der Waals surface area contributed by atoms with Crippen LogP contribution in [0.2, 0.25) is 0 Å². The molecule has 0 saturated heterocycles. The maximum Gasteiger partial charge on any atom is 0.343 e. The lowest BCUT2D eigenvalue weighted by molar-refractivity contribution is -0.142. The third kappa shape index (κ3) is 5.61. The van der Waals surface area contributed by atoms with E-state index in [0.29, 0.717) is 12.4 Å². The number of anilines is 1. The molecule has 1 rings (SSSR count). The molecule has 0 spiro atoms. The zero-order valence-corrected chi connectivity index (χ0v) is 11.6. The van der Waals surface area contributed by atoms with Gasteiger partial charge >= 0.3 is 5.97 Å². The molecule has 1 unspecified atom stereocenters. The summed E-state index contributed by atoms with van der Waals surface area (Å²) in [5.74, 6) is 0.240. The van der Waals surface area contributed by atoms with Crippen molar-refractivity contribution in [1.29, 1.82) is 0 Å². The van der Waals surface area contributed by atoms with Gasteiger partial charge in [-0.15, -0.1) is 0 Å². The molecule has 0 bridgehead atoms. The average Bonchev–Trinajstić information content (AvgIpc) is 2.45. The molecule has 1 aromatic rings. The predicted octanol–water partition coefficient (Wildman–Crippen LogP) is 2.08. The number of benzene rings is 1. The van der Waals surface area contributed by atoms with Crippen molar-refractivity contribution >= 4 is 11.7 Å². The van der Waals surface area contributed by atoms with E-state index >= 15 is 0 Å². The van der Waals surface area contributed by atoms with E-state index < -0.39 is 5.97 Å². The fraction of sp³-hybridized carbons (Fsp3) is 0.500. The van der Waals surface area contributed by atoms with E-state index in [2.05, 4.69) is 17.0 Å². The number of carbonyl (C=O) groups excluding carboxylic acids is 1. The van der Waals surface area contributed by atoms with Crippen molar-refractivity contribution in [3.63, 3.8) is 0 Å². The van der Waals surface area contributed by atoms with E-state index in [9.17, 15) is 4.79 Å². The molecule has 1 N–H and O–H groups in total. The lowest BCUT2D eigenvalue weighted by atomic mass is 10.2. The van der Waals surface area contributed by atoms with Crippen LogP contribution in [0.4, 0.5) is 5.69 Å².